The summed E-state index contributed by atoms with van der Waals surface area (Å²) < 4.78 is 28.6. The molecule has 31 heavy (non-hydrogen) atoms. The Hall–Kier alpha value is -2.71. The van der Waals surface area contributed by atoms with Gasteiger partial charge >= 0.3 is 0 Å². The summed E-state index contributed by atoms with van der Waals surface area (Å²) in [6.45, 7) is 2.96. The van der Waals surface area contributed by atoms with Gasteiger partial charge in [0.2, 0.25) is 11.8 Å². The van der Waals surface area contributed by atoms with Gasteiger partial charge in [0, 0.05) is 50.8 Å². The number of hydrogen-bond acceptors (Lipinski definition) is 5. The van der Waals surface area contributed by atoms with Crippen LogP contribution >= 0.6 is 0 Å². The highest BCUT2D eigenvalue weighted by molar-refractivity contribution is 6.04. The molecule has 3 heterocycles. The predicted molar refractivity (Wildman–Crippen MR) is 114 cm³/mol. The van der Waals surface area contributed by atoms with Crippen molar-refractivity contribution in [2.24, 2.45) is 11.8 Å². The molecule has 0 unspecified atom stereocenters. The molecular weight excluding hydrogens is 402 g/mol. The van der Waals surface area contributed by atoms with E-state index in [1.54, 1.807) is 10.9 Å². The van der Waals surface area contributed by atoms with Gasteiger partial charge in [-0.2, -0.15) is 5.10 Å². The number of amides is 1. The number of nitrogens with one attached hydrogen (secondary N) is 2. The topological polar surface area (TPSA) is 75.1 Å². The van der Waals surface area contributed by atoms with Gasteiger partial charge in [-0.25, -0.2) is 13.8 Å². The van der Waals surface area contributed by atoms with Crippen molar-refractivity contribution in [3.05, 3.63) is 29.7 Å². The van der Waals surface area contributed by atoms with Gasteiger partial charge < -0.3 is 15.5 Å². The van der Waals surface area contributed by atoms with E-state index in [4.69, 9.17) is 0 Å². The summed E-state index contributed by atoms with van der Waals surface area (Å²) >= 11 is 0. The Bertz CT molecular complexity index is 1000. The van der Waals surface area contributed by atoms with Crippen molar-refractivity contribution in [1.29, 1.82) is 0 Å². The van der Waals surface area contributed by atoms with E-state index in [-0.39, 0.29) is 30.7 Å². The van der Waals surface area contributed by atoms with Crippen LogP contribution < -0.4 is 15.5 Å². The molecule has 0 radical (unpaired) electrons. The van der Waals surface area contributed by atoms with Crippen LogP contribution in [0.3, 0.4) is 0 Å². The molecule has 2 N–H and O–H groups in total. The number of aromatic nitrogens is 3. The minimum Gasteiger partial charge on any atom is -0.366 e. The lowest BCUT2D eigenvalue weighted by atomic mass is 10.0. The molecule has 2 saturated carbocycles. The van der Waals surface area contributed by atoms with Gasteiger partial charge in [0.15, 0.2) is 0 Å². The second-order valence-electron chi connectivity index (χ2n) is 9.26. The largest absolute Gasteiger partial charge is 0.366 e. The number of hydrogen-bond donors (Lipinski definition) is 2. The number of carbonyl (C=O) groups is 1. The van der Waals surface area contributed by atoms with Crippen molar-refractivity contribution < 1.29 is 13.6 Å². The molecule has 0 spiro atoms. The summed E-state index contributed by atoms with van der Waals surface area (Å²) in [6.07, 6.45) is 6.33. The Balaban J connectivity index is 1.25. The molecule has 1 aliphatic heterocycles. The average Bonchev–Trinajstić information content (AvgIpc) is 3.34. The molecule has 7 nitrogen and oxygen atoms in total. The Kier molecular flexibility index (Phi) is 4.86. The number of anilines is 3. The number of fused-ring (bicyclic) bond motifs is 1. The Morgan fingerprint density at radius 3 is 2.84 bits per heavy atom. The lowest BCUT2D eigenvalue weighted by Crippen LogP contribution is -2.47. The maximum atomic E-state index is 13.4. The molecule has 2 fully saturated rings. The Labute approximate surface area is 180 Å². The van der Waals surface area contributed by atoms with Gasteiger partial charge in [-0.3, -0.25) is 9.48 Å². The molecule has 0 saturated heterocycles. The second kappa shape index (κ2) is 7.46. The Morgan fingerprint density at radius 2 is 2.13 bits per heavy atom. The number of likely N-dealkylation sites (N-methyl/N-ethyl adjacent to an activating group) is 1. The van der Waals surface area contributed by atoms with Crippen molar-refractivity contribution in [1.82, 2.24) is 14.8 Å². The van der Waals surface area contributed by atoms with Gasteiger partial charge in [-0.1, -0.05) is 0 Å². The van der Waals surface area contributed by atoms with Crippen LogP contribution in [-0.4, -0.2) is 39.7 Å². The number of aryl methyl sites for hydroxylation is 1. The third-order valence-electron chi connectivity index (χ3n) is 6.67. The fourth-order valence-corrected chi connectivity index (χ4v) is 4.90. The number of alkyl halides is 2. The third kappa shape index (κ3) is 4.09. The average molecular weight is 431 g/mol. The number of carbonyl (C=O) groups excluding carboxylic acids is 1. The van der Waals surface area contributed by atoms with E-state index in [9.17, 15) is 13.6 Å². The molecule has 2 aliphatic carbocycles. The zero-order valence-electron chi connectivity index (χ0n) is 17.9. The number of pyridine rings is 1. The van der Waals surface area contributed by atoms with Gasteiger partial charge in [0.25, 0.3) is 0 Å². The molecular formula is C22H28F2N6O. The lowest BCUT2D eigenvalue weighted by molar-refractivity contribution is -0.118. The normalized spacial score (nSPS) is 24.8. The fourth-order valence-electron chi connectivity index (χ4n) is 4.90. The summed E-state index contributed by atoms with van der Waals surface area (Å²) in [4.78, 5) is 19.2. The van der Waals surface area contributed by atoms with Crippen LogP contribution in [0.1, 0.15) is 43.4 Å². The van der Waals surface area contributed by atoms with Crippen LogP contribution in [0.15, 0.2) is 18.5 Å². The molecule has 0 bridgehead atoms. The quantitative estimate of drug-likeness (QED) is 0.729. The molecule has 2 atom stereocenters. The summed E-state index contributed by atoms with van der Waals surface area (Å²) in [6, 6.07) is 1.85. The molecule has 2 aromatic heterocycles. The summed E-state index contributed by atoms with van der Waals surface area (Å²) in [5.41, 5.74) is 3.49. The highest BCUT2D eigenvalue weighted by Gasteiger charge is 2.43. The lowest BCUT2D eigenvalue weighted by Gasteiger charge is -2.36. The molecule has 9 heteroatoms. The third-order valence-corrected chi connectivity index (χ3v) is 6.67. The van der Waals surface area contributed by atoms with Crippen LogP contribution in [0, 0.1) is 18.8 Å². The van der Waals surface area contributed by atoms with Gasteiger partial charge in [-0.05, 0) is 38.0 Å². The zero-order chi connectivity index (χ0) is 21.8. The maximum Gasteiger partial charge on any atom is 0.248 e. The predicted octanol–water partition coefficient (Wildman–Crippen LogP) is 3.80. The van der Waals surface area contributed by atoms with Crippen LogP contribution in [-0.2, 0) is 17.9 Å². The minimum atomic E-state index is -2.52. The second-order valence-corrected chi connectivity index (χ2v) is 9.26. The summed E-state index contributed by atoms with van der Waals surface area (Å²) in [5.74, 6) is -1.34. The minimum absolute atomic E-state index is 0.0206. The maximum absolute atomic E-state index is 13.4. The van der Waals surface area contributed by atoms with Crippen molar-refractivity contribution in [2.75, 3.05) is 22.6 Å². The molecule has 2 aromatic rings. The molecule has 3 aliphatic rings. The van der Waals surface area contributed by atoms with Gasteiger partial charge in [-0.15, -0.1) is 0 Å². The van der Waals surface area contributed by atoms with E-state index >= 15 is 0 Å². The van der Waals surface area contributed by atoms with Crippen LogP contribution in [0.2, 0.25) is 0 Å². The highest BCUT2D eigenvalue weighted by Crippen LogP contribution is 2.43. The van der Waals surface area contributed by atoms with E-state index in [0.717, 1.165) is 41.3 Å². The van der Waals surface area contributed by atoms with Crippen LogP contribution in [0.25, 0.3) is 0 Å². The molecule has 1 amide bonds. The SMILES string of the molecule is Cc1nc(NCc2cnn(C[C@H]3CCC(F)(F)C3)c2)cc2c1NC(=O)[C@H](C1CC1)N2C. The summed E-state index contributed by atoms with van der Waals surface area (Å²) in [7, 11) is 1.97. The van der Waals surface area contributed by atoms with E-state index in [1.165, 1.54) is 0 Å². The number of halogens is 2. The van der Waals surface area contributed by atoms with Gasteiger partial charge in [0.05, 0.1) is 23.3 Å². The first kappa shape index (κ1) is 20.2. The van der Waals surface area contributed by atoms with E-state index < -0.39 is 5.92 Å². The van der Waals surface area contributed by atoms with Crippen LogP contribution in [0.5, 0.6) is 0 Å². The fraction of sp³-hybridized carbons (Fsp3) is 0.591. The standard InChI is InChI=1S/C22H28F2N6O/c1-13-19-17(29(2)20(16-3-4-16)21(31)28-19)7-18(27-13)25-9-15-10-26-30(12-15)11-14-5-6-22(23,24)8-14/h7,10,12,14,16,20H,3-6,8-9,11H2,1-2H3,(H,25,27)(H,28,31)/t14-,20-/m0/s1. The van der Waals surface area contributed by atoms with Crippen molar-refractivity contribution in [2.45, 2.75) is 64.1 Å². The monoisotopic (exact) mass is 430 g/mol. The Morgan fingerprint density at radius 1 is 1.32 bits per heavy atom. The van der Waals surface area contributed by atoms with Crippen LogP contribution in [0.4, 0.5) is 26.0 Å². The highest BCUT2D eigenvalue weighted by atomic mass is 19.3. The first-order valence-electron chi connectivity index (χ1n) is 11.0. The summed E-state index contributed by atoms with van der Waals surface area (Å²) in [5, 5.41) is 10.7. The first-order valence-corrected chi connectivity index (χ1v) is 11.0. The van der Waals surface area contributed by atoms with Crippen molar-refractivity contribution in [3.8, 4) is 0 Å². The van der Waals surface area contributed by atoms with Gasteiger partial charge in [0.1, 0.15) is 11.9 Å². The molecule has 0 aromatic carbocycles. The number of rotatable bonds is 6. The first-order chi connectivity index (χ1) is 14.8. The molecule has 166 valence electrons. The smallest absolute Gasteiger partial charge is 0.248 e. The zero-order valence-corrected chi connectivity index (χ0v) is 17.9. The van der Waals surface area contributed by atoms with E-state index in [0.29, 0.717) is 25.4 Å². The van der Waals surface area contributed by atoms with E-state index in [1.807, 2.05) is 26.2 Å². The van der Waals surface area contributed by atoms with E-state index in [2.05, 4.69) is 25.6 Å². The van der Waals surface area contributed by atoms with Crippen molar-refractivity contribution >= 4 is 23.1 Å². The molecule has 5 rings (SSSR count). The van der Waals surface area contributed by atoms with Crippen molar-refractivity contribution in [3.63, 3.8) is 0 Å². The number of nitrogens with zero attached hydrogens (tertiary/aromatic N) is 4.